The normalized spacial score (nSPS) is 10.1. The number of hydrogen-bond acceptors (Lipinski definition) is 2. The minimum atomic E-state index is 0.0606. The van der Waals surface area contributed by atoms with Crippen LogP contribution in [0.2, 0.25) is 0 Å². The molecule has 0 fully saturated rings. The lowest BCUT2D eigenvalue weighted by atomic mass is 10.2. The Labute approximate surface area is 125 Å². The molecule has 0 aliphatic rings. The van der Waals surface area contributed by atoms with Gasteiger partial charge in [-0.05, 0) is 23.3 Å². The zero-order valence-corrected chi connectivity index (χ0v) is 12.3. The molecule has 110 valence electrons. The van der Waals surface area contributed by atoms with E-state index in [0.717, 1.165) is 17.7 Å². The van der Waals surface area contributed by atoms with Crippen LogP contribution in [0.4, 0.5) is 0 Å². The van der Waals surface area contributed by atoms with Crippen molar-refractivity contribution in [3.05, 3.63) is 65.7 Å². The first kappa shape index (κ1) is 14.9. The summed E-state index contributed by atoms with van der Waals surface area (Å²) >= 11 is 0. The number of ether oxygens (including phenoxy) is 1. The minimum absolute atomic E-state index is 0.0606. The molecular formula is C17H21N3O. The molecule has 2 rings (SSSR count). The highest BCUT2D eigenvalue weighted by molar-refractivity contribution is 5.74. The molecule has 4 heteroatoms. The van der Waals surface area contributed by atoms with Crippen LogP contribution in [0.3, 0.4) is 0 Å². The molecule has 0 atom stereocenters. The topological polar surface area (TPSA) is 62.3 Å². The van der Waals surface area contributed by atoms with E-state index < -0.39 is 0 Å². The quantitative estimate of drug-likeness (QED) is 0.633. The van der Waals surface area contributed by atoms with E-state index in [0.29, 0.717) is 13.2 Å². The zero-order chi connectivity index (χ0) is 15.1. The van der Waals surface area contributed by atoms with Crippen molar-refractivity contribution < 1.29 is 4.74 Å². The standard InChI is InChI=1S/C17H21N3O/c1-20(17(18)19)13-15-8-5-9-16(12-15)21-11-10-14-6-3-2-4-7-14/h2-9,12H,10-11,13H2,1H3,(H3,18,19). The molecule has 2 aromatic carbocycles. The van der Waals surface area contributed by atoms with Gasteiger partial charge in [-0.1, -0.05) is 42.5 Å². The van der Waals surface area contributed by atoms with Crippen LogP contribution in [0.5, 0.6) is 5.75 Å². The van der Waals surface area contributed by atoms with Crippen LogP contribution in [-0.2, 0) is 13.0 Å². The van der Waals surface area contributed by atoms with Crippen LogP contribution in [0.25, 0.3) is 0 Å². The van der Waals surface area contributed by atoms with Gasteiger partial charge in [0.2, 0.25) is 0 Å². The molecule has 0 aliphatic heterocycles. The second-order valence-electron chi connectivity index (χ2n) is 4.97. The minimum Gasteiger partial charge on any atom is -0.493 e. The molecule has 0 amide bonds. The third-order valence-corrected chi connectivity index (χ3v) is 3.23. The molecule has 3 N–H and O–H groups in total. The van der Waals surface area contributed by atoms with Gasteiger partial charge in [-0.2, -0.15) is 0 Å². The average Bonchev–Trinajstić information content (AvgIpc) is 2.48. The van der Waals surface area contributed by atoms with Gasteiger partial charge < -0.3 is 15.4 Å². The van der Waals surface area contributed by atoms with Gasteiger partial charge in [-0.3, -0.25) is 5.41 Å². The smallest absolute Gasteiger partial charge is 0.188 e. The number of benzene rings is 2. The van der Waals surface area contributed by atoms with Crippen LogP contribution < -0.4 is 10.5 Å². The van der Waals surface area contributed by atoms with E-state index in [1.807, 2.05) is 42.5 Å². The Morgan fingerprint density at radius 1 is 1.10 bits per heavy atom. The maximum Gasteiger partial charge on any atom is 0.188 e. The third-order valence-electron chi connectivity index (χ3n) is 3.23. The highest BCUT2D eigenvalue weighted by Gasteiger charge is 2.03. The summed E-state index contributed by atoms with van der Waals surface area (Å²) in [7, 11) is 1.80. The maximum atomic E-state index is 7.38. The molecule has 21 heavy (non-hydrogen) atoms. The molecule has 0 bridgehead atoms. The van der Waals surface area contributed by atoms with Gasteiger partial charge >= 0.3 is 0 Å². The van der Waals surface area contributed by atoms with Gasteiger partial charge in [0.05, 0.1) is 6.61 Å². The summed E-state index contributed by atoms with van der Waals surface area (Å²) in [6.45, 7) is 1.25. The highest BCUT2D eigenvalue weighted by Crippen LogP contribution is 2.15. The number of nitrogens with two attached hydrogens (primary N) is 1. The van der Waals surface area contributed by atoms with Gasteiger partial charge in [0, 0.05) is 20.0 Å². The number of rotatable bonds is 6. The van der Waals surface area contributed by atoms with Crippen molar-refractivity contribution >= 4 is 5.96 Å². The lowest BCUT2D eigenvalue weighted by molar-refractivity contribution is 0.321. The summed E-state index contributed by atoms with van der Waals surface area (Å²) in [5, 5.41) is 7.38. The summed E-state index contributed by atoms with van der Waals surface area (Å²) in [6.07, 6.45) is 0.887. The first-order valence-corrected chi connectivity index (χ1v) is 6.96. The molecule has 0 heterocycles. The van der Waals surface area contributed by atoms with Crippen molar-refractivity contribution in [3.63, 3.8) is 0 Å². The maximum absolute atomic E-state index is 7.38. The van der Waals surface area contributed by atoms with Crippen molar-refractivity contribution in [1.29, 1.82) is 5.41 Å². The fourth-order valence-corrected chi connectivity index (χ4v) is 2.02. The van der Waals surface area contributed by atoms with Crippen LogP contribution in [0, 0.1) is 5.41 Å². The Bertz CT molecular complexity index is 584. The van der Waals surface area contributed by atoms with Crippen molar-refractivity contribution in [2.24, 2.45) is 5.73 Å². The number of nitrogens with zero attached hydrogens (tertiary/aromatic N) is 1. The summed E-state index contributed by atoms with van der Waals surface area (Å²) in [4.78, 5) is 1.68. The van der Waals surface area contributed by atoms with Crippen LogP contribution >= 0.6 is 0 Å². The second-order valence-corrected chi connectivity index (χ2v) is 4.97. The zero-order valence-electron chi connectivity index (χ0n) is 12.3. The summed E-state index contributed by atoms with van der Waals surface area (Å²) < 4.78 is 5.79. The molecule has 0 aliphatic carbocycles. The average molecular weight is 283 g/mol. The SMILES string of the molecule is CN(Cc1cccc(OCCc2ccccc2)c1)C(=N)N. The van der Waals surface area contributed by atoms with Gasteiger partial charge in [0.15, 0.2) is 5.96 Å². The highest BCUT2D eigenvalue weighted by atomic mass is 16.5. The van der Waals surface area contributed by atoms with E-state index in [1.165, 1.54) is 5.56 Å². The van der Waals surface area contributed by atoms with Crippen molar-refractivity contribution in [2.75, 3.05) is 13.7 Å². The van der Waals surface area contributed by atoms with E-state index in [4.69, 9.17) is 15.9 Å². The Morgan fingerprint density at radius 2 is 1.81 bits per heavy atom. The Balaban J connectivity index is 1.87. The Kier molecular flexibility index (Phi) is 5.21. The summed E-state index contributed by atoms with van der Waals surface area (Å²) in [6, 6.07) is 18.2. The molecule has 0 aromatic heterocycles. The predicted molar refractivity (Wildman–Crippen MR) is 85.5 cm³/mol. The fourth-order valence-electron chi connectivity index (χ4n) is 2.02. The Morgan fingerprint density at radius 3 is 2.52 bits per heavy atom. The van der Waals surface area contributed by atoms with E-state index in [1.54, 1.807) is 11.9 Å². The van der Waals surface area contributed by atoms with Crippen LogP contribution in [0.1, 0.15) is 11.1 Å². The second kappa shape index (κ2) is 7.33. The van der Waals surface area contributed by atoms with E-state index in [-0.39, 0.29) is 5.96 Å². The molecule has 0 saturated carbocycles. The Hall–Kier alpha value is -2.49. The van der Waals surface area contributed by atoms with Gasteiger partial charge in [-0.15, -0.1) is 0 Å². The molecule has 4 nitrogen and oxygen atoms in total. The monoisotopic (exact) mass is 283 g/mol. The van der Waals surface area contributed by atoms with Gasteiger partial charge in [0.25, 0.3) is 0 Å². The van der Waals surface area contributed by atoms with Crippen molar-refractivity contribution in [1.82, 2.24) is 4.90 Å². The van der Waals surface area contributed by atoms with Crippen LogP contribution in [-0.4, -0.2) is 24.5 Å². The largest absolute Gasteiger partial charge is 0.493 e. The van der Waals surface area contributed by atoms with Crippen molar-refractivity contribution in [2.45, 2.75) is 13.0 Å². The van der Waals surface area contributed by atoms with Gasteiger partial charge in [-0.25, -0.2) is 0 Å². The van der Waals surface area contributed by atoms with E-state index >= 15 is 0 Å². The third kappa shape index (κ3) is 4.84. The molecule has 0 saturated heterocycles. The fraction of sp³-hybridized carbons (Fsp3) is 0.235. The first-order chi connectivity index (χ1) is 10.1. The predicted octanol–water partition coefficient (Wildman–Crippen LogP) is 2.63. The lowest BCUT2D eigenvalue weighted by Gasteiger charge is -2.17. The van der Waals surface area contributed by atoms with E-state index in [9.17, 15) is 0 Å². The van der Waals surface area contributed by atoms with Crippen LogP contribution in [0.15, 0.2) is 54.6 Å². The molecule has 0 unspecified atom stereocenters. The number of nitrogens with one attached hydrogen (secondary N) is 1. The summed E-state index contributed by atoms with van der Waals surface area (Å²) in [5.74, 6) is 0.908. The molecular weight excluding hydrogens is 262 g/mol. The summed E-state index contributed by atoms with van der Waals surface area (Å²) in [5.41, 5.74) is 7.79. The number of guanidine groups is 1. The van der Waals surface area contributed by atoms with Crippen molar-refractivity contribution in [3.8, 4) is 5.75 Å². The van der Waals surface area contributed by atoms with Gasteiger partial charge in [0.1, 0.15) is 5.75 Å². The lowest BCUT2D eigenvalue weighted by Crippen LogP contribution is -2.32. The molecule has 2 aromatic rings. The molecule has 0 spiro atoms. The number of hydrogen-bond donors (Lipinski definition) is 2. The van der Waals surface area contributed by atoms with E-state index in [2.05, 4.69) is 12.1 Å². The first-order valence-electron chi connectivity index (χ1n) is 6.96. The molecule has 0 radical (unpaired) electrons.